The van der Waals surface area contributed by atoms with E-state index in [1.54, 1.807) is 0 Å². The summed E-state index contributed by atoms with van der Waals surface area (Å²) in [4.78, 5) is 25.1. The third-order valence-corrected chi connectivity index (χ3v) is 1.48. The molecular weight excluding hydrogens is 190 g/mol. The van der Waals surface area contributed by atoms with Crippen LogP contribution < -0.4 is 0 Å². The van der Waals surface area contributed by atoms with E-state index in [-0.39, 0.29) is 11.4 Å². The van der Waals surface area contributed by atoms with Gasteiger partial charge in [-0.25, -0.2) is 14.6 Å². The molecule has 1 heterocycles. The van der Waals surface area contributed by atoms with E-state index in [1.165, 1.54) is 0 Å². The largest absolute Gasteiger partial charge is 0.506 e. The van der Waals surface area contributed by atoms with Gasteiger partial charge in [-0.2, -0.15) is 0 Å². The molecule has 14 heavy (non-hydrogen) atoms. The molecule has 0 aliphatic carbocycles. The molecule has 1 rings (SSSR count). The molecule has 2 N–H and O–H groups in total. The first kappa shape index (κ1) is 9.97. The predicted octanol–water partition coefficient (Wildman–Crippen LogP) is 0.272. The summed E-state index contributed by atoms with van der Waals surface area (Å²) in [6.07, 6.45) is 0.971. The van der Waals surface area contributed by atoms with Crippen molar-refractivity contribution < 1.29 is 24.5 Å². The second kappa shape index (κ2) is 3.73. The highest BCUT2D eigenvalue weighted by molar-refractivity contribution is 6.01. The second-order valence-electron chi connectivity index (χ2n) is 2.39. The number of aromatic hydroxyl groups is 1. The summed E-state index contributed by atoms with van der Waals surface area (Å²) in [5.74, 6) is -2.54. The molecule has 0 aliphatic heterocycles. The summed E-state index contributed by atoms with van der Waals surface area (Å²) in [6, 6.07) is 0.932. The predicted molar refractivity (Wildman–Crippen MR) is 44.2 cm³/mol. The number of methoxy groups -OCH3 is 1. The van der Waals surface area contributed by atoms with Crippen molar-refractivity contribution in [1.82, 2.24) is 4.98 Å². The number of carbonyl (C=O) groups is 2. The smallest absolute Gasteiger partial charge is 0.357 e. The molecule has 0 atom stereocenters. The lowest BCUT2D eigenvalue weighted by molar-refractivity contribution is 0.0575. The topological polar surface area (TPSA) is 96.7 Å². The maximum atomic E-state index is 11.0. The second-order valence-corrected chi connectivity index (χ2v) is 2.39. The lowest BCUT2D eigenvalue weighted by Gasteiger charge is -2.02. The van der Waals surface area contributed by atoms with Crippen LogP contribution in [-0.4, -0.2) is 34.2 Å². The van der Waals surface area contributed by atoms with Gasteiger partial charge < -0.3 is 14.9 Å². The number of pyridine rings is 1. The van der Waals surface area contributed by atoms with E-state index in [9.17, 15) is 9.59 Å². The number of nitrogens with zero attached hydrogens (tertiary/aromatic N) is 1. The molecule has 1 aromatic heterocycles. The summed E-state index contributed by atoms with van der Waals surface area (Å²) in [6.45, 7) is 0. The number of carboxylic acid groups (broad SMARTS) is 1. The molecule has 0 saturated carbocycles. The number of esters is 1. The quantitative estimate of drug-likeness (QED) is 0.660. The van der Waals surface area contributed by atoms with Crippen LogP contribution in [0.3, 0.4) is 0 Å². The molecule has 6 nitrogen and oxygen atoms in total. The molecule has 1 aromatic rings. The van der Waals surface area contributed by atoms with Crippen molar-refractivity contribution in [2.75, 3.05) is 7.11 Å². The van der Waals surface area contributed by atoms with Gasteiger partial charge in [-0.15, -0.1) is 0 Å². The Kier molecular flexibility index (Phi) is 2.66. The molecular formula is C8H7NO5. The average molecular weight is 197 g/mol. The highest BCUT2D eigenvalue weighted by Gasteiger charge is 2.19. The molecule has 0 amide bonds. The maximum absolute atomic E-state index is 11.0. The summed E-state index contributed by atoms with van der Waals surface area (Å²) < 4.78 is 4.32. The van der Waals surface area contributed by atoms with E-state index >= 15 is 0 Å². The van der Waals surface area contributed by atoms with Crippen molar-refractivity contribution in [1.29, 1.82) is 0 Å². The Balaban J connectivity index is 3.28. The molecule has 0 bridgehead atoms. The van der Waals surface area contributed by atoms with E-state index in [0.717, 1.165) is 19.4 Å². The van der Waals surface area contributed by atoms with Gasteiger partial charge in [0.25, 0.3) is 0 Å². The molecule has 6 heteroatoms. The molecule has 0 aliphatic rings. The lowest BCUT2D eigenvalue weighted by atomic mass is 10.2. The Labute approximate surface area is 78.8 Å². The zero-order chi connectivity index (χ0) is 10.7. The lowest BCUT2D eigenvalue weighted by Crippen LogP contribution is -2.12. The first-order valence-corrected chi connectivity index (χ1v) is 3.57. The fraction of sp³-hybridized carbons (Fsp3) is 0.125. The molecule has 0 saturated heterocycles. The first-order chi connectivity index (χ1) is 6.56. The number of aromatic nitrogens is 1. The molecule has 0 unspecified atom stereocenters. The number of hydrogen-bond acceptors (Lipinski definition) is 5. The number of ether oxygens (including phenoxy) is 1. The van der Waals surface area contributed by atoms with Crippen molar-refractivity contribution in [2.45, 2.75) is 0 Å². The monoisotopic (exact) mass is 197 g/mol. The van der Waals surface area contributed by atoms with Crippen LogP contribution in [0, 0.1) is 0 Å². The third kappa shape index (κ3) is 1.79. The third-order valence-electron chi connectivity index (χ3n) is 1.48. The van der Waals surface area contributed by atoms with Crippen molar-refractivity contribution >= 4 is 11.9 Å². The van der Waals surface area contributed by atoms with Gasteiger partial charge in [0.15, 0.2) is 5.69 Å². The van der Waals surface area contributed by atoms with E-state index in [1.807, 2.05) is 0 Å². The van der Waals surface area contributed by atoms with E-state index in [4.69, 9.17) is 10.2 Å². The zero-order valence-electron chi connectivity index (χ0n) is 7.22. The highest BCUT2D eigenvalue weighted by Crippen LogP contribution is 2.14. The number of carbonyl (C=O) groups excluding carboxylic acids is 1. The van der Waals surface area contributed by atoms with Gasteiger partial charge >= 0.3 is 11.9 Å². The molecule has 74 valence electrons. The zero-order valence-corrected chi connectivity index (χ0v) is 7.22. The summed E-state index contributed by atoms with van der Waals surface area (Å²) in [7, 11) is 1.11. The van der Waals surface area contributed by atoms with Gasteiger partial charge in [-0.3, -0.25) is 0 Å². The Bertz CT molecular complexity index is 387. The van der Waals surface area contributed by atoms with Crippen LogP contribution in [0.15, 0.2) is 12.3 Å². The maximum Gasteiger partial charge on any atom is 0.357 e. The molecule has 0 fully saturated rings. The number of aromatic carboxylic acids is 1. The van der Waals surface area contributed by atoms with Gasteiger partial charge in [0.2, 0.25) is 0 Å². The summed E-state index contributed by atoms with van der Waals surface area (Å²) in [5, 5.41) is 17.6. The summed E-state index contributed by atoms with van der Waals surface area (Å²) >= 11 is 0. The fourth-order valence-electron chi connectivity index (χ4n) is 0.876. The van der Waals surface area contributed by atoms with E-state index in [2.05, 4.69) is 9.72 Å². The van der Waals surface area contributed by atoms with Crippen LogP contribution in [-0.2, 0) is 4.74 Å². The molecule has 0 spiro atoms. The number of hydrogen-bond donors (Lipinski definition) is 2. The minimum Gasteiger partial charge on any atom is -0.506 e. The van der Waals surface area contributed by atoms with Crippen molar-refractivity contribution in [2.24, 2.45) is 0 Å². The number of carboxylic acids is 1. The van der Waals surface area contributed by atoms with Crippen LogP contribution in [0.1, 0.15) is 20.8 Å². The molecule has 0 aromatic carbocycles. The average Bonchev–Trinajstić information content (AvgIpc) is 2.16. The van der Waals surface area contributed by atoms with E-state index < -0.39 is 17.5 Å². The van der Waals surface area contributed by atoms with Crippen LogP contribution in [0.5, 0.6) is 5.75 Å². The number of rotatable bonds is 2. The van der Waals surface area contributed by atoms with Gasteiger partial charge in [-0.1, -0.05) is 0 Å². The minimum absolute atomic E-state index is 0.324. The summed E-state index contributed by atoms with van der Waals surface area (Å²) in [5.41, 5.74) is -0.727. The fourth-order valence-corrected chi connectivity index (χ4v) is 0.876. The standard InChI is InChI=1S/C8H7NO5/c1-14-8(13)6-5(7(11)12)2-4(10)3-9-6/h2-3,10H,1H3,(H,11,12). The van der Waals surface area contributed by atoms with Crippen molar-refractivity contribution in [3.05, 3.63) is 23.5 Å². The van der Waals surface area contributed by atoms with Crippen LogP contribution >= 0.6 is 0 Å². The van der Waals surface area contributed by atoms with Gasteiger partial charge in [0, 0.05) is 0 Å². The SMILES string of the molecule is COC(=O)c1ncc(O)cc1C(=O)O. The Morgan fingerprint density at radius 2 is 2.14 bits per heavy atom. The Morgan fingerprint density at radius 1 is 1.50 bits per heavy atom. The van der Waals surface area contributed by atoms with Crippen molar-refractivity contribution in [3.8, 4) is 5.75 Å². The van der Waals surface area contributed by atoms with Crippen LogP contribution in [0.4, 0.5) is 0 Å². The van der Waals surface area contributed by atoms with Crippen LogP contribution in [0.25, 0.3) is 0 Å². The van der Waals surface area contributed by atoms with Crippen molar-refractivity contribution in [3.63, 3.8) is 0 Å². The van der Waals surface area contributed by atoms with Gasteiger partial charge in [0.1, 0.15) is 5.75 Å². The van der Waals surface area contributed by atoms with Crippen LogP contribution in [0.2, 0.25) is 0 Å². The normalized spacial score (nSPS) is 9.50. The minimum atomic E-state index is -1.35. The molecule has 0 radical (unpaired) electrons. The Morgan fingerprint density at radius 3 is 2.64 bits per heavy atom. The highest BCUT2D eigenvalue weighted by atomic mass is 16.5. The van der Waals surface area contributed by atoms with E-state index in [0.29, 0.717) is 0 Å². The Hall–Kier alpha value is -2.11. The van der Waals surface area contributed by atoms with Gasteiger partial charge in [-0.05, 0) is 6.07 Å². The first-order valence-electron chi connectivity index (χ1n) is 3.57. The van der Waals surface area contributed by atoms with Gasteiger partial charge in [0.05, 0.1) is 18.9 Å².